The number of rotatable bonds is 2. The first kappa shape index (κ1) is 21.8. The molecule has 1 aliphatic heterocycles. The summed E-state index contributed by atoms with van der Waals surface area (Å²) in [6.45, 7) is 6.66. The van der Waals surface area contributed by atoms with Gasteiger partial charge in [-0.3, -0.25) is 4.79 Å². The number of carbonyl (C=O) groups is 1. The first-order chi connectivity index (χ1) is 15.8. The van der Waals surface area contributed by atoms with E-state index >= 15 is 0 Å². The van der Waals surface area contributed by atoms with Crippen molar-refractivity contribution in [1.29, 1.82) is 0 Å². The van der Waals surface area contributed by atoms with Crippen LogP contribution in [0.25, 0.3) is 0 Å². The van der Waals surface area contributed by atoms with Crippen molar-refractivity contribution in [3.05, 3.63) is 106 Å². The van der Waals surface area contributed by atoms with Crippen LogP contribution < -0.4 is 10.6 Å². The number of nitrogens with one attached hydrogen (secondary N) is 2. The molecule has 0 amide bonds. The molecule has 0 aromatic heterocycles. The van der Waals surface area contributed by atoms with Gasteiger partial charge in [-0.1, -0.05) is 87.0 Å². The summed E-state index contributed by atoms with van der Waals surface area (Å²) in [4.78, 5) is 13.7. The Morgan fingerprint density at radius 1 is 0.848 bits per heavy atom. The fraction of sp³-hybridized carbons (Fsp3) is 0.276. The molecule has 3 nitrogen and oxygen atoms in total. The lowest BCUT2D eigenvalue weighted by molar-refractivity contribution is -0.116. The maximum Gasteiger partial charge on any atom is 0.163 e. The van der Waals surface area contributed by atoms with E-state index in [-0.39, 0.29) is 23.2 Å². The molecule has 3 aromatic rings. The van der Waals surface area contributed by atoms with Gasteiger partial charge in [-0.15, -0.1) is 0 Å². The van der Waals surface area contributed by atoms with Crippen LogP contribution in [0, 0.1) is 0 Å². The normalized spacial score (nSPS) is 20.3. The molecule has 0 radical (unpaired) electrons. The topological polar surface area (TPSA) is 41.1 Å². The van der Waals surface area contributed by atoms with E-state index in [9.17, 15) is 4.79 Å². The van der Waals surface area contributed by atoms with Gasteiger partial charge in [0.05, 0.1) is 17.4 Å². The van der Waals surface area contributed by atoms with E-state index < -0.39 is 0 Å². The van der Waals surface area contributed by atoms with Crippen LogP contribution in [0.5, 0.6) is 0 Å². The van der Waals surface area contributed by atoms with Crippen molar-refractivity contribution in [3.8, 4) is 0 Å². The number of hydrogen-bond acceptors (Lipinski definition) is 3. The Balaban J connectivity index is 1.56. The quantitative estimate of drug-likeness (QED) is 0.416. The first-order valence-corrected chi connectivity index (χ1v) is 11.9. The molecule has 0 saturated heterocycles. The zero-order valence-electron chi connectivity index (χ0n) is 19.3. The molecular formula is C29H29ClN2O. The fourth-order valence-corrected chi connectivity index (χ4v) is 5.17. The lowest BCUT2D eigenvalue weighted by Crippen LogP contribution is -2.27. The van der Waals surface area contributed by atoms with Gasteiger partial charge in [0, 0.05) is 22.7 Å². The lowest BCUT2D eigenvalue weighted by atomic mass is 9.77. The third kappa shape index (κ3) is 4.18. The molecule has 33 heavy (non-hydrogen) atoms. The summed E-state index contributed by atoms with van der Waals surface area (Å²) in [6.07, 6.45) is 1.28. The predicted octanol–water partition coefficient (Wildman–Crippen LogP) is 7.62. The number of allylic oxidation sites excluding steroid dienone is 1. The Hall–Kier alpha value is -3.04. The highest BCUT2D eigenvalue weighted by Gasteiger charge is 2.36. The van der Waals surface area contributed by atoms with Gasteiger partial charge in [-0.05, 0) is 52.6 Å². The van der Waals surface area contributed by atoms with E-state index in [1.807, 2.05) is 48.5 Å². The fourth-order valence-electron chi connectivity index (χ4n) is 4.93. The molecule has 0 spiro atoms. The van der Waals surface area contributed by atoms with Gasteiger partial charge in [0.15, 0.2) is 5.78 Å². The third-order valence-electron chi connectivity index (χ3n) is 6.77. The standard InChI is InChI=1S/C29H29ClN2O/c1-29(2,3)20-14-12-18(13-15-20)19-16-25-27(26(33)17-19)28(21-8-4-5-9-22(21)30)32-24-11-7-6-10-23(24)31-25/h4-15,19,28,31-32H,16-17H2,1-3H3. The van der Waals surface area contributed by atoms with Crippen LogP contribution in [0.1, 0.15) is 62.3 Å². The summed E-state index contributed by atoms with van der Waals surface area (Å²) in [5.41, 5.74) is 7.28. The largest absolute Gasteiger partial charge is 0.372 e. The van der Waals surface area contributed by atoms with E-state index in [0.717, 1.165) is 34.6 Å². The Morgan fingerprint density at radius 3 is 2.21 bits per heavy atom. The third-order valence-corrected chi connectivity index (χ3v) is 7.12. The smallest absolute Gasteiger partial charge is 0.163 e. The average Bonchev–Trinajstić information content (AvgIpc) is 2.95. The highest BCUT2D eigenvalue weighted by atomic mass is 35.5. The minimum Gasteiger partial charge on any atom is -0.372 e. The lowest BCUT2D eigenvalue weighted by Gasteiger charge is -2.30. The molecule has 5 rings (SSSR count). The number of fused-ring (bicyclic) bond motifs is 1. The van der Waals surface area contributed by atoms with Crippen LogP contribution in [0.15, 0.2) is 84.1 Å². The Kier molecular flexibility index (Phi) is 5.54. The van der Waals surface area contributed by atoms with Crippen molar-refractivity contribution in [1.82, 2.24) is 0 Å². The van der Waals surface area contributed by atoms with Crippen LogP contribution in [-0.2, 0) is 10.2 Å². The van der Waals surface area contributed by atoms with E-state index in [0.29, 0.717) is 11.4 Å². The maximum absolute atomic E-state index is 13.7. The number of halogens is 1. The van der Waals surface area contributed by atoms with E-state index in [1.165, 1.54) is 11.1 Å². The molecule has 2 atom stereocenters. The Bertz CT molecular complexity index is 1240. The highest BCUT2D eigenvalue weighted by molar-refractivity contribution is 6.31. The van der Waals surface area contributed by atoms with Gasteiger partial charge < -0.3 is 10.6 Å². The molecule has 1 aliphatic carbocycles. The summed E-state index contributed by atoms with van der Waals surface area (Å²) in [7, 11) is 0. The zero-order chi connectivity index (χ0) is 23.2. The summed E-state index contributed by atoms with van der Waals surface area (Å²) in [5.74, 6) is 0.314. The van der Waals surface area contributed by atoms with Gasteiger partial charge in [0.1, 0.15) is 0 Å². The van der Waals surface area contributed by atoms with Crippen LogP contribution in [0.4, 0.5) is 11.4 Å². The molecule has 2 N–H and O–H groups in total. The van der Waals surface area contributed by atoms with Gasteiger partial charge in [-0.25, -0.2) is 0 Å². The number of carbonyl (C=O) groups excluding carboxylic acids is 1. The van der Waals surface area contributed by atoms with Crippen LogP contribution in [-0.4, -0.2) is 5.78 Å². The van der Waals surface area contributed by atoms with Crippen molar-refractivity contribution < 1.29 is 4.79 Å². The summed E-state index contributed by atoms with van der Waals surface area (Å²) in [5, 5.41) is 7.86. The number of ketones is 1. The van der Waals surface area contributed by atoms with Crippen molar-refractivity contribution in [2.45, 2.75) is 51.0 Å². The maximum atomic E-state index is 13.7. The van der Waals surface area contributed by atoms with Crippen molar-refractivity contribution >= 4 is 28.8 Å². The molecule has 2 aliphatic rings. The molecule has 1 heterocycles. The van der Waals surface area contributed by atoms with E-state index in [2.05, 4.69) is 55.7 Å². The minimum atomic E-state index is -0.290. The first-order valence-electron chi connectivity index (χ1n) is 11.5. The molecule has 2 unspecified atom stereocenters. The van der Waals surface area contributed by atoms with Crippen molar-refractivity contribution in [2.24, 2.45) is 0 Å². The van der Waals surface area contributed by atoms with Crippen LogP contribution in [0.2, 0.25) is 5.02 Å². The summed E-state index contributed by atoms with van der Waals surface area (Å²) < 4.78 is 0. The monoisotopic (exact) mass is 456 g/mol. The predicted molar refractivity (Wildman–Crippen MR) is 137 cm³/mol. The molecule has 3 aromatic carbocycles. The average molecular weight is 457 g/mol. The van der Waals surface area contributed by atoms with E-state index in [1.54, 1.807) is 0 Å². The molecule has 0 bridgehead atoms. The number of para-hydroxylation sites is 2. The van der Waals surface area contributed by atoms with Crippen LogP contribution >= 0.6 is 11.6 Å². The van der Waals surface area contributed by atoms with Gasteiger partial charge in [-0.2, -0.15) is 0 Å². The summed E-state index contributed by atoms with van der Waals surface area (Å²) in [6, 6.07) is 24.4. The van der Waals surface area contributed by atoms with Crippen molar-refractivity contribution in [2.75, 3.05) is 10.6 Å². The summed E-state index contributed by atoms with van der Waals surface area (Å²) >= 11 is 6.60. The van der Waals surface area contributed by atoms with E-state index in [4.69, 9.17) is 11.6 Å². The molecule has 0 fully saturated rings. The second kappa shape index (κ2) is 8.39. The minimum absolute atomic E-state index is 0.108. The number of benzene rings is 3. The molecule has 168 valence electrons. The Labute approximate surface area is 200 Å². The van der Waals surface area contributed by atoms with Gasteiger partial charge in [0.2, 0.25) is 0 Å². The van der Waals surface area contributed by atoms with Crippen molar-refractivity contribution in [3.63, 3.8) is 0 Å². The zero-order valence-corrected chi connectivity index (χ0v) is 20.0. The second-order valence-corrected chi connectivity index (χ2v) is 10.5. The number of hydrogen-bond donors (Lipinski definition) is 2. The number of anilines is 2. The van der Waals surface area contributed by atoms with Gasteiger partial charge >= 0.3 is 0 Å². The highest BCUT2D eigenvalue weighted by Crippen LogP contribution is 2.45. The second-order valence-electron chi connectivity index (χ2n) is 10.1. The van der Waals surface area contributed by atoms with Gasteiger partial charge in [0.25, 0.3) is 0 Å². The number of Topliss-reactive ketones (excluding diaryl/α,β-unsaturated/α-hetero) is 1. The van der Waals surface area contributed by atoms with Crippen LogP contribution in [0.3, 0.4) is 0 Å². The SMILES string of the molecule is CC(C)(C)c1ccc(C2CC(=O)C3=C(C2)Nc2ccccc2NC3c2ccccc2Cl)cc1. The Morgan fingerprint density at radius 2 is 1.52 bits per heavy atom. The molecular weight excluding hydrogens is 428 g/mol. The molecule has 4 heteroatoms. The molecule has 0 saturated carbocycles.